The molecule has 0 unspecified atom stereocenters. The third kappa shape index (κ3) is 7.40. The van der Waals surface area contributed by atoms with E-state index < -0.39 is 35.4 Å². The van der Waals surface area contributed by atoms with Crippen LogP contribution in [0, 0.1) is 0 Å². The third-order valence-electron chi connectivity index (χ3n) is 7.61. The van der Waals surface area contributed by atoms with E-state index in [4.69, 9.17) is 5.73 Å². The molecule has 2 aromatic carbocycles. The topological polar surface area (TPSA) is 174 Å². The van der Waals surface area contributed by atoms with Crippen molar-refractivity contribution in [1.82, 2.24) is 16.0 Å². The summed E-state index contributed by atoms with van der Waals surface area (Å²) >= 11 is 0. The van der Waals surface area contributed by atoms with E-state index in [-0.39, 0.29) is 43.9 Å². The first-order chi connectivity index (χ1) is 19.2. The van der Waals surface area contributed by atoms with Crippen molar-refractivity contribution in [1.29, 1.82) is 0 Å². The number of benzene rings is 2. The van der Waals surface area contributed by atoms with Crippen molar-refractivity contribution in [2.45, 2.75) is 69.1 Å². The van der Waals surface area contributed by atoms with Crippen LogP contribution in [0.25, 0.3) is 11.1 Å². The Labute approximate surface area is 233 Å². The molecular weight excluding hydrogens is 512 g/mol. The lowest BCUT2D eigenvalue weighted by Crippen LogP contribution is -2.55. The molecule has 0 saturated heterocycles. The summed E-state index contributed by atoms with van der Waals surface area (Å²) in [6, 6.07) is 7.85. The van der Waals surface area contributed by atoms with Crippen LogP contribution in [0.2, 0.25) is 0 Å². The van der Waals surface area contributed by atoms with Gasteiger partial charge in [0.25, 0.3) is 0 Å². The van der Waals surface area contributed by atoms with Gasteiger partial charge in [0, 0.05) is 25.9 Å². The Morgan fingerprint density at radius 2 is 1.62 bits per heavy atom. The van der Waals surface area contributed by atoms with Crippen molar-refractivity contribution in [3.05, 3.63) is 59.7 Å². The van der Waals surface area contributed by atoms with Gasteiger partial charge in [-0.05, 0) is 65.8 Å². The maximum Gasteiger partial charge on any atom is 0.247 e. The number of phenolic OH excluding ortho intramolecular Hbond substituents is 2. The molecule has 40 heavy (non-hydrogen) atoms. The summed E-state index contributed by atoms with van der Waals surface area (Å²) < 4.78 is 0. The number of aliphatic hydroxyl groups is 1. The maximum absolute atomic E-state index is 13.4. The Bertz CT molecular complexity index is 1270. The molecule has 4 rings (SSSR count). The summed E-state index contributed by atoms with van der Waals surface area (Å²) in [7, 11) is 0. The Morgan fingerprint density at radius 3 is 2.30 bits per heavy atom. The van der Waals surface area contributed by atoms with Gasteiger partial charge in [-0.1, -0.05) is 43.5 Å². The summed E-state index contributed by atoms with van der Waals surface area (Å²) in [6.07, 6.45) is 7.16. The van der Waals surface area contributed by atoms with Crippen molar-refractivity contribution < 1.29 is 29.7 Å². The lowest BCUT2D eigenvalue weighted by molar-refractivity contribution is -0.131. The fraction of sp³-hybridized carbons (Fsp3) is 0.433. The van der Waals surface area contributed by atoms with Gasteiger partial charge in [0.15, 0.2) is 0 Å². The van der Waals surface area contributed by atoms with Crippen LogP contribution in [-0.4, -0.2) is 63.8 Å². The highest BCUT2D eigenvalue weighted by Gasteiger charge is 2.32. The zero-order valence-corrected chi connectivity index (χ0v) is 22.5. The van der Waals surface area contributed by atoms with Crippen molar-refractivity contribution in [3.63, 3.8) is 0 Å². The van der Waals surface area contributed by atoms with Crippen molar-refractivity contribution in [2.75, 3.05) is 13.1 Å². The molecule has 10 heteroatoms. The molecule has 4 bridgehead atoms. The second-order valence-corrected chi connectivity index (χ2v) is 10.7. The van der Waals surface area contributed by atoms with Crippen LogP contribution in [0.5, 0.6) is 11.5 Å². The fourth-order valence-corrected chi connectivity index (χ4v) is 5.26. The molecule has 1 aliphatic heterocycles. The Kier molecular flexibility index (Phi) is 9.44. The molecule has 1 aliphatic carbocycles. The number of fused-ring (bicyclic) bond motifs is 5. The molecule has 1 fully saturated rings. The number of amides is 3. The molecule has 3 amide bonds. The van der Waals surface area contributed by atoms with E-state index in [2.05, 4.69) is 16.0 Å². The number of aryl methyl sites for hydroxylation is 1. The average molecular weight is 551 g/mol. The minimum atomic E-state index is -1.10. The number of nitrogens with one attached hydrogen (secondary N) is 3. The van der Waals surface area contributed by atoms with Crippen LogP contribution in [0.15, 0.2) is 48.6 Å². The number of phenols is 2. The van der Waals surface area contributed by atoms with Gasteiger partial charge in [-0.15, -0.1) is 0 Å². The second kappa shape index (κ2) is 13.0. The quantitative estimate of drug-likeness (QED) is 0.277. The lowest BCUT2D eigenvalue weighted by Gasteiger charge is -2.32. The highest BCUT2D eigenvalue weighted by molar-refractivity contribution is 5.93. The van der Waals surface area contributed by atoms with Gasteiger partial charge >= 0.3 is 0 Å². The first-order valence-corrected chi connectivity index (χ1v) is 13.8. The van der Waals surface area contributed by atoms with Gasteiger partial charge in [-0.25, -0.2) is 0 Å². The zero-order chi connectivity index (χ0) is 28.7. The molecule has 0 aromatic heterocycles. The van der Waals surface area contributed by atoms with Gasteiger partial charge < -0.3 is 37.0 Å². The van der Waals surface area contributed by atoms with E-state index in [9.17, 15) is 29.7 Å². The average Bonchev–Trinajstić information content (AvgIpc) is 2.94. The number of hydrogen-bond donors (Lipinski definition) is 7. The van der Waals surface area contributed by atoms with Gasteiger partial charge in [0.05, 0.1) is 5.60 Å². The van der Waals surface area contributed by atoms with E-state index in [1.807, 2.05) is 0 Å². The number of hydrogen-bond acceptors (Lipinski definition) is 7. The molecule has 1 heterocycles. The second-order valence-electron chi connectivity index (χ2n) is 10.7. The van der Waals surface area contributed by atoms with Crippen LogP contribution in [0.1, 0.15) is 49.7 Å². The number of carbonyl (C=O) groups is 3. The van der Waals surface area contributed by atoms with E-state index in [1.165, 1.54) is 18.2 Å². The van der Waals surface area contributed by atoms with Crippen molar-refractivity contribution >= 4 is 17.7 Å². The molecule has 8 N–H and O–H groups in total. The summed E-state index contributed by atoms with van der Waals surface area (Å²) in [6.45, 7) is 0.192. The predicted molar refractivity (Wildman–Crippen MR) is 150 cm³/mol. The van der Waals surface area contributed by atoms with Crippen molar-refractivity contribution in [2.24, 2.45) is 5.73 Å². The normalized spacial score (nSPS) is 21.6. The van der Waals surface area contributed by atoms with E-state index in [0.717, 1.165) is 30.4 Å². The SMILES string of the molecule is NC/C=C/[C@@H]1NC(=O)CCc2cc(ccc2O)-c2ccc(O)c(c2)C[C@@H](C(=O)NCC2(O)CCCCC2)NC1=O. The maximum atomic E-state index is 13.4. The third-order valence-corrected chi connectivity index (χ3v) is 7.61. The summed E-state index contributed by atoms with van der Waals surface area (Å²) in [5, 5.41) is 40.1. The van der Waals surface area contributed by atoms with E-state index in [1.54, 1.807) is 30.3 Å². The first-order valence-electron chi connectivity index (χ1n) is 13.8. The van der Waals surface area contributed by atoms with E-state index in [0.29, 0.717) is 24.0 Å². The molecular formula is C30H38N4O6. The molecule has 1 saturated carbocycles. The summed E-state index contributed by atoms with van der Waals surface area (Å²) in [4.78, 5) is 39.6. The van der Waals surface area contributed by atoms with Crippen LogP contribution < -0.4 is 21.7 Å². The van der Waals surface area contributed by atoms with Gasteiger partial charge in [-0.3, -0.25) is 14.4 Å². The molecule has 10 nitrogen and oxygen atoms in total. The Morgan fingerprint density at radius 1 is 0.975 bits per heavy atom. The first kappa shape index (κ1) is 29.1. The molecule has 2 atom stereocenters. The van der Waals surface area contributed by atoms with Crippen LogP contribution >= 0.6 is 0 Å². The lowest BCUT2D eigenvalue weighted by atomic mass is 9.85. The number of rotatable bonds is 5. The number of carbonyl (C=O) groups excluding carboxylic acids is 3. The highest BCUT2D eigenvalue weighted by atomic mass is 16.3. The van der Waals surface area contributed by atoms with Crippen LogP contribution in [-0.2, 0) is 27.2 Å². The zero-order valence-electron chi connectivity index (χ0n) is 22.5. The molecule has 214 valence electrons. The largest absolute Gasteiger partial charge is 0.508 e. The minimum absolute atomic E-state index is 0.0145. The molecule has 0 spiro atoms. The Hall–Kier alpha value is -3.89. The molecule has 2 aliphatic rings. The monoisotopic (exact) mass is 550 g/mol. The van der Waals surface area contributed by atoms with E-state index >= 15 is 0 Å². The molecule has 2 aromatic rings. The standard InChI is InChI=1S/C30H38N4O6/c31-14-4-5-23-29(39)34-24(28(38)32-18-30(40)12-2-1-3-13-30)17-22-16-20(7-10-26(22)36)19-6-9-25(35)21(15-19)8-11-27(37)33-23/h4-7,9-10,15-16,23-24,35-36,40H,1-3,8,11-14,17-18,31H2,(H,32,38)(H,33,37)(H,34,39)/b5-4+/t23-,24-/m0/s1. The number of nitrogens with two attached hydrogens (primary N) is 1. The molecule has 0 radical (unpaired) electrons. The minimum Gasteiger partial charge on any atom is -0.508 e. The number of aromatic hydroxyl groups is 2. The van der Waals surface area contributed by atoms with Crippen molar-refractivity contribution in [3.8, 4) is 22.6 Å². The van der Waals surface area contributed by atoms with Gasteiger partial charge in [-0.2, -0.15) is 0 Å². The Balaban J connectivity index is 1.69. The van der Waals surface area contributed by atoms with Crippen LogP contribution in [0.4, 0.5) is 0 Å². The highest BCUT2D eigenvalue weighted by Crippen LogP contribution is 2.31. The van der Waals surface area contributed by atoms with Crippen LogP contribution in [0.3, 0.4) is 0 Å². The van der Waals surface area contributed by atoms with Gasteiger partial charge in [0.1, 0.15) is 23.6 Å². The smallest absolute Gasteiger partial charge is 0.247 e. The fourth-order valence-electron chi connectivity index (χ4n) is 5.26. The van der Waals surface area contributed by atoms with Gasteiger partial charge in [0.2, 0.25) is 17.7 Å². The summed E-state index contributed by atoms with van der Waals surface area (Å²) in [5.74, 6) is -1.54. The summed E-state index contributed by atoms with van der Waals surface area (Å²) in [5.41, 5.74) is 7.07. The predicted octanol–water partition coefficient (Wildman–Crippen LogP) is 1.55.